The van der Waals surface area contributed by atoms with Crippen LogP contribution in [0, 0.1) is 0 Å². The first-order valence-corrected chi connectivity index (χ1v) is 6.76. The van der Waals surface area contributed by atoms with Crippen LogP contribution in [0.2, 0.25) is 0 Å². The van der Waals surface area contributed by atoms with Crippen LogP contribution in [-0.4, -0.2) is 9.55 Å². The average molecular weight is 346 g/mol. The fourth-order valence-corrected chi connectivity index (χ4v) is 2.13. The van der Waals surface area contributed by atoms with Gasteiger partial charge in [0.1, 0.15) is 12.4 Å². The van der Waals surface area contributed by atoms with Gasteiger partial charge in [-0.3, -0.25) is 4.57 Å². The number of rotatable bonds is 5. The third kappa shape index (κ3) is 3.34. The molecule has 0 saturated carbocycles. The van der Waals surface area contributed by atoms with Gasteiger partial charge in [0.25, 0.3) is 0 Å². The Labute approximate surface area is 123 Å². The van der Waals surface area contributed by atoms with E-state index >= 15 is 0 Å². The number of aromatic nitrogens is 2. The Morgan fingerprint density at radius 2 is 2.20 bits per heavy atom. The molecular formula is C13H14BrF2N3O. The average Bonchev–Trinajstić information content (AvgIpc) is 2.84. The molecule has 2 rings (SSSR count). The van der Waals surface area contributed by atoms with E-state index in [-0.39, 0.29) is 18.5 Å². The van der Waals surface area contributed by atoms with Crippen LogP contribution in [0.4, 0.5) is 8.78 Å². The number of hydrogen-bond donors (Lipinski definition) is 1. The molecule has 2 aromatic rings. The highest BCUT2D eigenvalue weighted by atomic mass is 79.9. The lowest BCUT2D eigenvalue weighted by Crippen LogP contribution is -2.11. The minimum atomic E-state index is -2.63. The lowest BCUT2D eigenvalue weighted by atomic mass is 10.1. The van der Waals surface area contributed by atoms with Gasteiger partial charge < -0.3 is 10.5 Å². The fraction of sp³-hybridized carbons (Fsp3) is 0.308. The topological polar surface area (TPSA) is 53.1 Å². The maximum Gasteiger partial charge on any atom is 0.320 e. The van der Waals surface area contributed by atoms with Crippen LogP contribution in [0.5, 0.6) is 5.75 Å². The molecule has 0 aliphatic carbocycles. The molecule has 0 fully saturated rings. The molecule has 4 nitrogen and oxygen atoms in total. The predicted molar refractivity (Wildman–Crippen MR) is 74.6 cm³/mol. The fourth-order valence-electron chi connectivity index (χ4n) is 1.79. The Balaban J connectivity index is 2.18. The third-order valence-corrected chi connectivity index (χ3v) is 3.28. The van der Waals surface area contributed by atoms with Gasteiger partial charge in [-0.2, -0.15) is 8.78 Å². The van der Waals surface area contributed by atoms with Crippen molar-refractivity contribution >= 4 is 15.9 Å². The molecule has 7 heteroatoms. The quantitative estimate of drug-likeness (QED) is 0.899. The molecule has 108 valence electrons. The molecule has 0 spiro atoms. The summed E-state index contributed by atoms with van der Waals surface area (Å²) in [6, 6.07) is 5.23. The number of halogens is 3. The van der Waals surface area contributed by atoms with E-state index in [1.165, 1.54) is 12.4 Å². The number of nitrogens with two attached hydrogens (primary N) is 1. The van der Waals surface area contributed by atoms with Gasteiger partial charge in [-0.15, -0.1) is 0 Å². The maximum atomic E-state index is 12.7. The van der Waals surface area contributed by atoms with Gasteiger partial charge in [0.2, 0.25) is 0 Å². The second-order valence-corrected chi connectivity index (χ2v) is 5.20. The summed E-state index contributed by atoms with van der Waals surface area (Å²) in [6.07, 6.45) is 2.54. The molecule has 2 N–H and O–H groups in total. The first kappa shape index (κ1) is 14.9. The van der Waals surface area contributed by atoms with E-state index in [4.69, 9.17) is 10.5 Å². The zero-order valence-electron chi connectivity index (χ0n) is 10.8. The standard InChI is InChI=1S/C13H14BrF2N3O/c1-8(17)10-3-2-9(14)6-11(10)20-7-12-18-4-5-19(12)13(15)16/h2-6,8,13H,7,17H2,1H3/t8-/m1/s1. The lowest BCUT2D eigenvalue weighted by Gasteiger charge is -2.15. The minimum Gasteiger partial charge on any atom is -0.485 e. The van der Waals surface area contributed by atoms with E-state index in [1.807, 2.05) is 19.1 Å². The van der Waals surface area contributed by atoms with Crippen LogP contribution < -0.4 is 10.5 Å². The maximum absolute atomic E-state index is 12.7. The van der Waals surface area contributed by atoms with E-state index in [0.29, 0.717) is 5.75 Å². The molecule has 0 aliphatic heterocycles. The molecule has 1 aromatic heterocycles. The normalized spacial score (nSPS) is 12.7. The van der Waals surface area contributed by atoms with Crippen molar-refractivity contribution in [1.29, 1.82) is 0 Å². The van der Waals surface area contributed by atoms with Crippen LogP contribution in [-0.2, 0) is 6.61 Å². The molecule has 0 radical (unpaired) electrons. The second kappa shape index (κ2) is 6.32. The highest BCUT2D eigenvalue weighted by molar-refractivity contribution is 9.10. The van der Waals surface area contributed by atoms with Crippen LogP contribution in [0.25, 0.3) is 0 Å². The zero-order valence-corrected chi connectivity index (χ0v) is 12.3. The molecule has 0 amide bonds. The van der Waals surface area contributed by atoms with Crippen molar-refractivity contribution in [3.05, 3.63) is 46.5 Å². The zero-order chi connectivity index (χ0) is 14.7. The molecule has 20 heavy (non-hydrogen) atoms. The largest absolute Gasteiger partial charge is 0.485 e. The minimum absolute atomic E-state index is 0.0481. The number of nitrogens with zero attached hydrogens (tertiary/aromatic N) is 2. The van der Waals surface area contributed by atoms with Gasteiger partial charge in [0, 0.05) is 28.5 Å². The summed E-state index contributed by atoms with van der Waals surface area (Å²) in [7, 11) is 0. The number of hydrogen-bond acceptors (Lipinski definition) is 3. The van der Waals surface area contributed by atoms with Gasteiger partial charge in [-0.25, -0.2) is 4.98 Å². The van der Waals surface area contributed by atoms with Crippen LogP contribution in [0.3, 0.4) is 0 Å². The van der Waals surface area contributed by atoms with E-state index in [9.17, 15) is 8.78 Å². The van der Waals surface area contributed by atoms with Crippen LogP contribution in [0.15, 0.2) is 35.1 Å². The van der Waals surface area contributed by atoms with E-state index < -0.39 is 6.55 Å². The van der Waals surface area contributed by atoms with Crippen molar-refractivity contribution in [2.45, 2.75) is 26.1 Å². The van der Waals surface area contributed by atoms with Crippen LogP contribution >= 0.6 is 15.9 Å². The van der Waals surface area contributed by atoms with Crippen molar-refractivity contribution in [2.24, 2.45) is 5.73 Å². The smallest absolute Gasteiger partial charge is 0.320 e. The first-order chi connectivity index (χ1) is 9.49. The summed E-state index contributed by atoms with van der Waals surface area (Å²) in [5.41, 5.74) is 6.66. The Bertz CT molecular complexity index is 587. The molecule has 0 aliphatic rings. The number of imidazole rings is 1. The van der Waals surface area contributed by atoms with Gasteiger partial charge in [0.05, 0.1) is 0 Å². The Hall–Kier alpha value is -1.47. The molecule has 0 unspecified atom stereocenters. The Kier molecular flexibility index (Phi) is 4.72. The molecule has 0 bridgehead atoms. The number of benzene rings is 1. The van der Waals surface area contributed by atoms with Crippen molar-refractivity contribution in [1.82, 2.24) is 9.55 Å². The first-order valence-electron chi connectivity index (χ1n) is 5.96. The molecule has 0 saturated heterocycles. The number of alkyl halides is 2. The molecule has 1 heterocycles. The summed E-state index contributed by atoms with van der Waals surface area (Å²) in [4.78, 5) is 3.86. The van der Waals surface area contributed by atoms with Crippen molar-refractivity contribution in [3.8, 4) is 5.75 Å². The number of ether oxygens (including phenoxy) is 1. The van der Waals surface area contributed by atoms with Crippen LogP contribution in [0.1, 0.15) is 30.9 Å². The van der Waals surface area contributed by atoms with E-state index in [2.05, 4.69) is 20.9 Å². The Morgan fingerprint density at radius 3 is 2.85 bits per heavy atom. The SMILES string of the molecule is C[C@@H](N)c1ccc(Br)cc1OCc1nccn1C(F)F. The summed E-state index contributed by atoms with van der Waals surface area (Å²) in [5, 5.41) is 0. The summed E-state index contributed by atoms with van der Waals surface area (Å²) in [5.74, 6) is 0.716. The van der Waals surface area contributed by atoms with Gasteiger partial charge in [-0.05, 0) is 19.1 Å². The monoisotopic (exact) mass is 345 g/mol. The second-order valence-electron chi connectivity index (χ2n) is 4.29. The summed E-state index contributed by atoms with van der Waals surface area (Å²) in [6.45, 7) is -0.851. The molecule has 1 atom stereocenters. The van der Waals surface area contributed by atoms with Gasteiger partial charge in [-0.1, -0.05) is 22.0 Å². The van der Waals surface area contributed by atoms with Gasteiger partial charge in [0.15, 0.2) is 5.82 Å². The Morgan fingerprint density at radius 1 is 1.45 bits per heavy atom. The van der Waals surface area contributed by atoms with Crippen molar-refractivity contribution in [2.75, 3.05) is 0 Å². The highest BCUT2D eigenvalue weighted by Gasteiger charge is 2.14. The van der Waals surface area contributed by atoms with Crippen molar-refractivity contribution < 1.29 is 13.5 Å². The van der Waals surface area contributed by atoms with E-state index in [1.54, 1.807) is 6.07 Å². The van der Waals surface area contributed by atoms with Crippen molar-refractivity contribution in [3.63, 3.8) is 0 Å². The van der Waals surface area contributed by atoms with E-state index in [0.717, 1.165) is 14.6 Å². The summed E-state index contributed by atoms with van der Waals surface area (Å²) < 4.78 is 32.6. The highest BCUT2D eigenvalue weighted by Crippen LogP contribution is 2.28. The van der Waals surface area contributed by atoms with Gasteiger partial charge >= 0.3 is 6.55 Å². The lowest BCUT2D eigenvalue weighted by molar-refractivity contribution is 0.0632. The predicted octanol–water partition coefficient (Wildman–Crippen LogP) is 3.64. The summed E-state index contributed by atoms with van der Waals surface area (Å²) >= 11 is 3.34. The third-order valence-electron chi connectivity index (χ3n) is 2.78. The molecular weight excluding hydrogens is 332 g/mol. The molecule has 1 aromatic carbocycles.